The van der Waals surface area contributed by atoms with E-state index in [-0.39, 0.29) is 30.8 Å². The van der Waals surface area contributed by atoms with Gasteiger partial charge in [-0.3, -0.25) is 9.59 Å². The molecule has 0 fully saturated rings. The number of rotatable bonds is 4. The molecule has 0 bridgehead atoms. The van der Waals surface area contributed by atoms with Gasteiger partial charge in [0.2, 0.25) is 11.8 Å². The molecule has 7 heteroatoms. The number of anilines is 1. The first-order valence-corrected chi connectivity index (χ1v) is 8.40. The Morgan fingerprint density at radius 1 is 1.35 bits per heavy atom. The van der Waals surface area contributed by atoms with Crippen molar-refractivity contribution in [3.8, 4) is 0 Å². The first-order valence-electron chi connectivity index (χ1n) is 7.41. The molecule has 124 valence electrons. The van der Waals surface area contributed by atoms with Gasteiger partial charge in [0.05, 0.1) is 11.4 Å². The van der Waals surface area contributed by atoms with Gasteiger partial charge in [0.15, 0.2) is 0 Å². The van der Waals surface area contributed by atoms with Gasteiger partial charge < -0.3 is 15.5 Å². The quantitative estimate of drug-likeness (QED) is 0.807. The summed E-state index contributed by atoms with van der Waals surface area (Å²) in [6, 6.07) is 7.71. The van der Waals surface area contributed by atoms with Crippen LogP contribution in [-0.2, 0) is 9.59 Å². The first kappa shape index (κ1) is 17.8. The van der Waals surface area contributed by atoms with Gasteiger partial charge >= 0.3 is 0 Å². The maximum Gasteiger partial charge on any atom is 0.240 e. The molecule has 0 unspecified atom stereocenters. The zero-order valence-corrected chi connectivity index (χ0v) is 14.3. The number of halogens is 1. The molecule has 3 rings (SSSR count). The maximum absolute atomic E-state index is 12.2. The number of fused-ring (bicyclic) bond motifs is 1. The summed E-state index contributed by atoms with van der Waals surface area (Å²) in [4.78, 5) is 26.9. The van der Waals surface area contributed by atoms with E-state index in [9.17, 15) is 9.59 Å². The van der Waals surface area contributed by atoms with Gasteiger partial charge in [-0.05, 0) is 25.1 Å². The van der Waals surface area contributed by atoms with Gasteiger partial charge in [0, 0.05) is 18.0 Å². The third-order valence-electron chi connectivity index (χ3n) is 3.78. The lowest BCUT2D eigenvalue weighted by Crippen LogP contribution is -2.43. The fourth-order valence-electron chi connectivity index (χ4n) is 2.57. The summed E-state index contributed by atoms with van der Waals surface area (Å²) < 4.78 is 0. The third-order valence-corrected chi connectivity index (χ3v) is 4.83. The molecule has 23 heavy (non-hydrogen) atoms. The molecule has 1 aromatic rings. The van der Waals surface area contributed by atoms with Crippen molar-refractivity contribution in [3.05, 3.63) is 35.9 Å². The lowest BCUT2D eigenvalue weighted by molar-refractivity contribution is -0.122. The van der Waals surface area contributed by atoms with Crippen molar-refractivity contribution in [1.29, 1.82) is 0 Å². The first-order chi connectivity index (χ1) is 10.7. The third kappa shape index (κ3) is 4.50. The summed E-state index contributed by atoms with van der Waals surface area (Å²) in [5.41, 5.74) is 2.08. The molecular formula is C16H20ClN3O2S. The Kier molecular flexibility index (Phi) is 6.50. The van der Waals surface area contributed by atoms with Crippen LogP contribution in [0.2, 0.25) is 0 Å². The topological polar surface area (TPSA) is 61.4 Å². The molecule has 2 amide bonds. The monoisotopic (exact) mass is 353 g/mol. The molecule has 0 aromatic heterocycles. The fraction of sp³-hybridized carbons (Fsp3) is 0.375. The zero-order chi connectivity index (χ0) is 15.4. The Bertz CT molecular complexity index is 621. The predicted octanol–water partition coefficient (Wildman–Crippen LogP) is 1.58. The van der Waals surface area contributed by atoms with E-state index in [1.165, 1.54) is 17.3 Å². The second kappa shape index (κ2) is 8.38. The van der Waals surface area contributed by atoms with E-state index in [2.05, 4.69) is 16.7 Å². The molecule has 2 N–H and O–H groups in total. The standard InChI is InChI=1S/C16H19N3O2S.ClH/c20-15(18-9-12-5-7-17-8-6-12)10-19-13-3-1-2-4-14(13)22-11-16(19)21;/h1-5,17H,6-11H2,(H,18,20);1H. The van der Waals surface area contributed by atoms with Gasteiger partial charge in [-0.1, -0.05) is 23.8 Å². The highest BCUT2D eigenvalue weighted by molar-refractivity contribution is 8.00. The molecule has 0 spiro atoms. The summed E-state index contributed by atoms with van der Waals surface area (Å²) in [5, 5.41) is 6.16. The van der Waals surface area contributed by atoms with Crippen molar-refractivity contribution < 1.29 is 9.59 Å². The van der Waals surface area contributed by atoms with E-state index in [1.54, 1.807) is 4.90 Å². The van der Waals surface area contributed by atoms with Gasteiger partial charge in [0.1, 0.15) is 6.54 Å². The summed E-state index contributed by atoms with van der Waals surface area (Å²) in [7, 11) is 0. The molecule has 0 radical (unpaired) electrons. The van der Waals surface area contributed by atoms with Gasteiger partial charge in [-0.25, -0.2) is 0 Å². The second-order valence-corrected chi connectivity index (χ2v) is 6.35. The van der Waals surface area contributed by atoms with Crippen LogP contribution in [0.15, 0.2) is 40.8 Å². The van der Waals surface area contributed by atoms with Crippen LogP contribution >= 0.6 is 24.2 Å². The highest BCUT2D eigenvalue weighted by Gasteiger charge is 2.26. The number of hydrogen-bond donors (Lipinski definition) is 2. The minimum Gasteiger partial charge on any atom is -0.351 e. The van der Waals surface area contributed by atoms with Crippen LogP contribution in [0.3, 0.4) is 0 Å². The Morgan fingerprint density at radius 3 is 2.96 bits per heavy atom. The smallest absolute Gasteiger partial charge is 0.240 e. The molecule has 1 aromatic carbocycles. The minimum atomic E-state index is -0.116. The fourth-order valence-corrected chi connectivity index (χ4v) is 3.50. The van der Waals surface area contributed by atoms with Crippen molar-refractivity contribution >= 4 is 41.7 Å². The Balaban J connectivity index is 0.00000192. The number of amides is 2. The van der Waals surface area contributed by atoms with E-state index in [0.29, 0.717) is 12.3 Å². The molecule has 0 saturated heterocycles. The molecule has 0 saturated carbocycles. The Morgan fingerprint density at radius 2 is 2.17 bits per heavy atom. The van der Waals surface area contributed by atoms with Crippen LogP contribution in [-0.4, -0.2) is 43.7 Å². The van der Waals surface area contributed by atoms with E-state index in [0.717, 1.165) is 30.1 Å². The van der Waals surface area contributed by atoms with Crippen LogP contribution in [0.4, 0.5) is 5.69 Å². The van der Waals surface area contributed by atoms with Gasteiger partial charge in [-0.2, -0.15) is 0 Å². The highest BCUT2D eigenvalue weighted by atomic mass is 35.5. The largest absolute Gasteiger partial charge is 0.351 e. The number of benzene rings is 1. The summed E-state index contributed by atoms with van der Waals surface area (Å²) in [5.74, 6) is 0.260. The lowest BCUT2D eigenvalue weighted by atomic mass is 10.1. The number of carbonyl (C=O) groups excluding carboxylic acids is 2. The summed E-state index contributed by atoms with van der Waals surface area (Å²) in [6.07, 6.45) is 3.07. The number of thioether (sulfide) groups is 1. The van der Waals surface area contributed by atoms with Crippen LogP contribution in [0, 0.1) is 0 Å². The van der Waals surface area contributed by atoms with E-state index >= 15 is 0 Å². The average Bonchev–Trinajstić information content (AvgIpc) is 2.56. The van der Waals surface area contributed by atoms with Crippen molar-refractivity contribution in [2.75, 3.05) is 36.8 Å². The SMILES string of the molecule is Cl.O=C(CN1C(=O)CSc2ccccc21)NCC1=CCNCC1. The average molecular weight is 354 g/mol. The molecule has 2 heterocycles. The minimum absolute atomic E-state index is 0. The maximum atomic E-state index is 12.2. The zero-order valence-electron chi connectivity index (χ0n) is 12.7. The Hall–Kier alpha value is -1.50. The molecule has 0 atom stereocenters. The van der Waals surface area contributed by atoms with Crippen LogP contribution in [0.25, 0.3) is 0 Å². The van der Waals surface area contributed by atoms with Crippen LogP contribution in [0.1, 0.15) is 6.42 Å². The molecule has 0 aliphatic carbocycles. The summed E-state index contributed by atoms with van der Waals surface area (Å²) >= 11 is 1.52. The lowest BCUT2D eigenvalue weighted by Gasteiger charge is -2.28. The van der Waals surface area contributed by atoms with Gasteiger partial charge in [0.25, 0.3) is 0 Å². The van der Waals surface area contributed by atoms with Crippen molar-refractivity contribution in [2.45, 2.75) is 11.3 Å². The van der Waals surface area contributed by atoms with Crippen LogP contribution in [0.5, 0.6) is 0 Å². The second-order valence-electron chi connectivity index (χ2n) is 5.33. The number of nitrogens with one attached hydrogen (secondary N) is 2. The number of hydrogen-bond acceptors (Lipinski definition) is 4. The molecule has 2 aliphatic heterocycles. The van der Waals surface area contributed by atoms with Crippen molar-refractivity contribution in [1.82, 2.24) is 10.6 Å². The molecule has 5 nitrogen and oxygen atoms in total. The Labute approximate surface area is 146 Å². The van der Waals surface area contributed by atoms with Crippen molar-refractivity contribution in [2.24, 2.45) is 0 Å². The van der Waals surface area contributed by atoms with Gasteiger partial charge in [-0.15, -0.1) is 24.2 Å². The number of nitrogens with zero attached hydrogens (tertiary/aromatic N) is 1. The summed E-state index contributed by atoms with van der Waals surface area (Å²) in [6.45, 7) is 2.47. The number of para-hydroxylation sites is 1. The number of carbonyl (C=O) groups is 2. The normalized spacial score (nSPS) is 17.0. The van der Waals surface area contributed by atoms with E-state index in [4.69, 9.17) is 0 Å². The van der Waals surface area contributed by atoms with Crippen molar-refractivity contribution in [3.63, 3.8) is 0 Å². The molecule has 2 aliphatic rings. The molecular weight excluding hydrogens is 334 g/mol. The van der Waals surface area contributed by atoms with E-state index in [1.807, 2.05) is 24.3 Å². The van der Waals surface area contributed by atoms with Crippen LogP contribution < -0.4 is 15.5 Å². The predicted molar refractivity (Wildman–Crippen MR) is 95.3 cm³/mol. The van der Waals surface area contributed by atoms with E-state index < -0.39 is 0 Å². The highest BCUT2D eigenvalue weighted by Crippen LogP contribution is 2.34.